The van der Waals surface area contributed by atoms with Crippen molar-refractivity contribution in [3.8, 4) is 0 Å². The Kier molecular flexibility index (Phi) is 6.25. The minimum absolute atomic E-state index is 0.260. The third kappa shape index (κ3) is 6.17. The summed E-state index contributed by atoms with van der Waals surface area (Å²) in [4.78, 5) is 0. The number of thiocarbonyl (C=S) groups is 2. The van der Waals surface area contributed by atoms with Crippen molar-refractivity contribution in [1.29, 1.82) is 0 Å². The van der Waals surface area contributed by atoms with Gasteiger partial charge in [-0.2, -0.15) is 0 Å². The second-order valence-corrected chi connectivity index (χ2v) is 5.70. The van der Waals surface area contributed by atoms with Crippen molar-refractivity contribution in [2.24, 2.45) is 0 Å². The van der Waals surface area contributed by atoms with Crippen molar-refractivity contribution < 1.29 is 4.39 Å². The smallest absolute Gasteiger partial charge is 0.189 e. The molecule has 0 bridgehead atoms. The molecule has 4 nitrogen and oxygen atoms in total. The first kappa shape index (κ1) is 17.1. The van der Waals surface area contributed by atoms with Crippen LogP contribution in [0.2, 0.25) is 0 Å². The summed E-state index contributed by atoms with van der Waals surface area (Å²) in [5.41, 5.74) is 8.56. The Labute approximate surface area is 145 Å². The zero-order valence-electron chi connectivity index (χ0n) is 12.5. The SMILES string of the molecule is Cc1cccc(NC(=S)NNC(=S)NCc2ccc(F)cc2)c1. The van der Waals surface area contributed by atoms with Crippen molar-refractivity contribution in [1.82, 2.24) is 16.2 Å². The van der Waals surface area contributed by atoms with Gasteiger partial charge in [0.1, 0.15) is 5.82 Å². The first-order valence-corrected chi connectivity index (χ1v) is 7.76. The molecule has 2 rings (SSSR count). The lowest BCUT2D eigenvalue weighted by atomic mass is 10.2. The zero-order valence-corrected chi connectivity index (χ0v) is 14.2. The van der Waals surface area contributed by atoms with Gasteiger partial charge in [-0.3, -0.25) is 10.9 Å². The van der Waals surface area contributed by atoms with E-state index in [1.807, 2.05) is 31.2 Å². The van der Waals surface area contributed by atoms with Gasteiger partial charge in [0, 0.05) is 12.2 Å². The highest BCUT2D eigenvalue weighted by atomic mass is 32.1. The quantitative estimate of drug-likeness (QED) is 0.505. The van der Waals surface area contributed by atoms with Gasteiger partial charge in [0.25, 0.3) is 0 Å². The van der Waals surface area contributed by atoms with Crippen LogP contribution in [0.25, 0.3) is 0 Å². The summed E-state index contributed by atoms with van der Waals surface area (Å²) < 4.78 is 12.8. The van der Waals surface area contributed by atoms with Gasteiger partial charge in [-0.15, -0.1) is 0 Å². The van der Waals surface area contributed by atoms with Crippen LogP contribution in [-0.2, 0) is 6.54 Å². The summed E-state index contributed by atoms with van der Waals surface area (Å²) in [5, 5.41) is 6.84. The third-order valence-electron chi connectivity index (χ3n) is 2.93. The summed E-state index contributed by atoms with van der Waals surface area (Å²) in [6.45, 7) is 2.50. The first-order chi connectivity index (χ1) is 11.0. The van der Waals surface area contributed by atoms with E-state index in [4.69, 9.17) is 24.4 Å². The van der Waals surface area contributed by atoms with Gasteiger partial charge < -0.3 is 10.6 Å². The van der Waals surface area contributed by atoms with E-state index in [0.717, 1.165) is 16.8 Å². The number of hydrogen-bond donors (Lipinski definition) is 4. The Hall–Kier alpha value is -2.25. The van der Waals surface area contributed by atoms with Crippen LogP contribution in [-0.4, -0.2) is 10.2 Å². The first-order valence-electron chi connectivity index (χ1n) is 6.95. The molecule has 0 fully saturated rings. The molecule has 0 radical (unpaired) electrons. The molecule has 0 spiro atoms. The molecule has 0 heterocycles. The van der Waals surface area contributed by atoms with Gasteiger partial charge >= 0.3 is 0 Å². The van der Waals surface area contributed by atoms with Crippen LogP contribution in [0.5, 0.6) is 0 Å². The van der Waals surface area contributed by atoms with Crippen LogP contribution in [0.4, 0.5) is 10.1 Å². The molecule has 4 N–H and O–H groups in total. The van der Waals surface area contributed by atoms with E-state index in [1.54, 1.807) is 12.1 Å². The molecule has 2 aromatic carbocycles. The normalized spacial score (nSPS) is 9.83. The van der Waals surface area contributed by atoms with E-state index in [9.17, 15) is 4.39 Å². The number of benzene rings is 2. The highest BCUT2D eigenvalue weighted by Gasteiger charge is 2.00. The maximum Gasteiger partial charge on any atom is 0.189 e. The molecule has 0 aromatic heterocycles. The van der Waals surface area contributed by atoms with E-state index >= 15 is 0 Å². The second kappa shape index (κ2) is 8.40. The summed E-state index contributed by atoms with van der Waals surface area (Å²) >= 11 is 10.3. The lowest BCUT2D eigenvalue weighted by Gasteiger charge is -2.14. The summed E-state index contributed by atoms with van der Waals surface area (Å²) in [6.07, 6.45) is 0. The Morgan fingerprint density at radius 1 is 1.00 bits per heavy atom. The molecule has 0 unspecified atom stereocenters. The molecule has 0 aliphatic heterocycles. The molecule has 120 valence electrons. The number of nitrogens with one attached hydrogen (secondary N) is 4. The maximum atomic E-state index is 12.8. The number of hydrogen-bond acceptors (Lipinski definition) is 2. The fraction of sp³-hybridized carbons (Fsp3) is 0.125. The number of rotatable bonds is 3. The maximum absolute atomic E-state index is 12.8. The molecular weight excluding hydrogens is 331 g/mol. The average molecular weight is 348 g/mol. The number of anilines is 1. The molecule has 0 aliphatic rings. The number of hydrazine groups is 1. The van der Waals surface area contributed by atoms with Gasteiger partial charge in [-0.1, -0.05) is 24.3 Å². The van der Waals surface area contributed by atoms with Crippen molar-refractivity contribution in [2.75, 3.05) is 5.32 Å². The highest BCUT2D eigenvalue weighted by Crippen LogP contribution is 2.08. The van der Waals surface area contributed by atoms with E-state index < -0.39 is 0 Å². The predicted octanol–water partition coefficient (Wildman–Crippen LogP) is 3.00. The van der Waals surface area contributed by atoms with Crippen LogP contribution in [0.3, 0.4) is 0 Å². The average Bonchev–Trinajstić information content (AvgIpc) is 2.52. The fourth-order valence-electron chi connectivity index (χ4n) is 1.83. The molecule has 0 saturated heterocycles. The van der Waals surface area contributed by atoms with Gasteiger partial charge in [0.2, 0.25) is 0 Å². The minimum atomic E-state index is -0.260. The standard InChI is InChI=1S/C16H17FN4S2/c1-11-3-2-4-14(9-11)19-16(23)21-20-15(22)18-10-12-5-7-13(17)8-6-12/h2-9H,10H2,1H3,(H2,18,20,22)(H2,19,21,23). The second-order valence-electron chi connectivity index (χ2n) is 4.88. The molecule has 7 heteroatoms. The monoisotopic (exact) mass is 348 g/mol. The topological polar surface area (TPSA) is 48.1 Å². The van der Waals surface area contributed by atoms with Crippen molar-refractivity contribution in [3.05, 3.63) is 65.5 Å². The molecule has 0 saturated carbocycles. The van der Waals surface area contributed by atoms with Gasteiger partial charge in [-0.25, -0.2) is 4.39 Å². The highest BCUT2D eigenvalue weighted by molar-refractivity contribution is 7.80. The Bertz CT molecular complexity index is 689. The van der Waals surface area contributed by atoms with Gasteiger partial charge in [-0.05, 0) is 66.8 Å². The largest absolute Gasteiger partial charge is 0.357 e. The van der Waals surface area contributed by atoms with Crippen LogP contribution in [0, 0.1) is 12.7 Å². The van der Waals surface area contributed by atoms with Crippen molar-refractivity contribution in [3.63, 3.8) is 0 Å². The minimum Gasteiger partial charge on any atom is -0.357 e. The van der Waals surface area contributed by atoms with E-state index in [0.29, 0.717) is 16.8 Å². The molecule has 0 atom stereocenters. The summed E-state index contributed by atoms with van der Waals surface area (Å²) in [7, 11) is 0. The third-order valence-corrected chi connectivity index (χ3v) is 3.38. The molecule has 0 amide bonds. The van der Waals surface area contributed by atoms with Crippen LogP contribution in [0.1, 0.15) is 11.1 Å². The summed E-state index contributed by atoms with van der Waals surface area (Å²) in [5.74, 6) is -0.260. The van der Waals surface area contributed by atoms with Crippen molar-refractivity contribution >= 4 is 40.3 Å². The van der Waals surface area contributed by atoms with Crippen LogP contribution in [0.15, 0.2) is 48.5 Å². The molecule has 0 aliphatic carbocycles. The van der Waals surface area contributed by atoms with Gasteiger partial charge in [0.05, 0.1) is 0 Å². The number of halogens is 1. The Morgan fingerprint density at radius 3 is 2.39 bits per heavy atom. The van der Waals surface area contributed by atoms with E-state index in [1.165, 1.54) is 12.1 Å². The molecule has 23 heavy (non-hydrogen) atoms. The summed E-state index contributed by atoms with van der Waals surface area (Å²) in [6, 6.07) is 14.1. The lowest BCUT2D eigenvalue weighted by Crippen LogP contribution is -2.47. The van der Waals surface area contributed by atoms with E-state index in [2.05, 4.69) is 21.5 Å². The van der Waals surface area contributed by atoms with Crippen molar-refractivity contribution in [2.45, 2.75) is 13.5 Å². The predicted molar refractivity (Wildman–Crippen MR) is 99.5 cm³/mol. The van der Waals surface area contributed by atoms with Crippen LogP contribution >= 0.6 is 24.4 Å². The van der Waals surface area contributed by atoms with Crippen LogP contribution < -0.4 is 21.5 Å². The Balaban J connectivity index is 1.71. The number of aryl methyl sites for hydroxylation is 1. The molecular formula is C16H17FN4S2. The molecule has 2 aromatic rings. The Morgan fingerprint density at radius 2 is 1.70 bits per heavy atom. The fourth-order valence-corrected chi connectivity index (χ4v) is 2.12. The zero-order chi connectivity index (χ0) is 16.7. The lowest BCUT2D eigenvalue weighted by molar-refractivity contribution is 0.626. The van der Waals surface area contributed by atoms with Gasteiger partial charge in [0.15, 0.2) is 10.2 Å². The van der Waals surface area contributed by atoms with E-state index in [-0.39, 0.29) is 5.82 Å².